The van der Waals surface area contributed by atoms with E-state index < -0.39 is 18.4 Å². The highest BCUT2D eigenvalue weighted by Gasteiger charge is 2.33. The molecule has 1 amide bonds. The van der Waals surface area contributed by atoms with Crippen LogP contribution in [0.4, 0.5) is 0 Å². The maximum atomic E-state index is 13.0. The Bertz CT molecular complexity index is 1070. The Kier molecular flexibility index (Phi) is 5.72. The normalized spacial score (nSPS) is 19.9. The third-order valence-corrected chi connectivity index (χ3v) is 6.43. The second-order valence-electron chi connectivity index (χ2n) is 8.43. The minimum atomic E-state index is -0.781. The van der Waals surface area contributed by atoms with Crippen LogP contribution in [0, 0.1) is 5.92 Å². The highest BCUT2D eigenvalue weighted by atomic mass is 16.5. The minimum absolute atomic E-state index is 0.00676. The molecule has 2 aromatic carbocycles. The number of carbonyl (C=O) groups is 4. The van der Waals surface area contributed by atoms with Crippen LogP contribution in [0.2, 0.25) is 0 Å². The fourth-order valence-corrected chi connectivity index (χ4v) is 4.46. The summed E-state index contributed by atoms with van der Waals surface area (Å²) in [6.07, 6.45) is 4.05. The van der Waals surface area contributed by atoms with Crippen molar-refractivity contribution >= 4 is 23.4 Å². The topological polar surface area (TPSA) is 80.8 Å². The van der Waals surface area contributed by atoms with Crippen LogP contribution in [0.25, 0.3) is 0 Å². The first kappa shape index (κ1) is 21.0. The van der Waals surface area contributed by atoms with Gasteiger partial charge in [0, 0.05) is 35.3 Å². The summed E-state index contributed by atoms with van der Waals surface area (Å²) >= 11 is 0. The average molecular weight is 419 g/mol. The number of hydrogen-bond acceptors (Lipinski definition) is 5. The van der Waals surface area contributed by atoms with Gasteiger partial charge in [-0.2, -0.15) is 0 Å². The molecule has 6 heteroatoms. The molecule has 6 nitrogen and oxygen atoms in total. The van der Waals surface area contributed by atoms with Crippen molar-refractivity contribution in [3.05, 3.63) is 70.3 Å². The van der Waals surface area contributed by atoms with E-state index in [1.807, 2.05) is 0 Å². The summed E-state index contributed by atoms with van der Waals surface area (Å²) in [5.74, 6) is -1.08. The molecular weight excluding hydrogens is 394 g/mol. The summed E-state index contributed by atoms with van der Waals surface area (Å²) in [7, 11) is 1.74. The van der Waals surface area contributed by atoms with Gasteiger partial charge in [-0.15, -0.1) is 0 Å². The van der Waals surface area contributed by atoms with E-state index in [0.29, 0.717) is 11.5 Å². The zero-order valence-corrected chi connectivity index (χ0v) is 17.7. The Hall–Kier alpha value is -3.28. The number of ether oxygens (including phenoxy) is 1. The monoisotopic (exact) mass is 419 g/mol. The molecule has 31 heavy (non-hydrogen) atoms. The number of nitrogens with zero attached hydrogens (tertiary/aromatic N) is 1. The molecule has 0 bridgehead atoms. The summed E-state index contributed by atoms with van der Waals surface area (Å²) in [4.78, 5) is 52.8. The fourth-order valence-electron chi connectivity index (χ4n) is 4.46. The standard InChI is InChI=1S/C25H25NO5/c1-15-10-12-16(13-11-15)26(2)21(27)14-31-25(30)20-9-5-8-19-22(20)24(29)18-7-4-3-6-17(18)23(19)28/h3-9,15-16H,10-14H2,1-2H3. The van der Waals surface area contributed by atoms with Crippen LogP contribution >= 0.6 is 0 Å². The molecule has 4 rings (SSSR count). The third-order valence-electron chi connectivity index (χ3n) is 6.43. The number of rotatable bonds is 4. The van der Waals surface area contributed by atoms with Crippen LogP contribution in [0.3, 0.4) is 0 Å². The molecule has 2 aliphatic carbocycles. The lowest BCUT2D eigenvalue weighted by molar-refractivity contribution is -0.136. The van der Waals surface area contributed by atoms with Crippen molar-refractivity contribution in [1.82, 2.24) is 4.90 Å². The Labute approximate surface area is 181 Å². The van der Waals surface area contributed by atoms with E-state index in [4.69, 9.17) is 4.74 Å². The zero-order valence-electron chi connectivity index (χ0n) is 17.7. The van der Waals surface area contributed by atoms with Crippen LogP contribution in [-0.4, -0.2) is 48.0 Å². The lowest BCUT2D eigenvalue weighted by Gasteiger charge is -2.33. The molecule has 0 saturated heterocycles. The third kappa shape index (κ3) is 3.90. The van der Waals surface area contributed by atoms with E-state index in [0.717, 1.165) is 25.7 Å². The smallest absolute Gasteiger partial charge is 0.339 e. The van der Waals surface area contributed by atoms with Crippen molar-refractivity contribution in [3.63, 3.8) is 0 Å². The molecule has 0 spiro atoms. The summed E-state index contributed by atoms with van der Waals surface area (Å²) < 4.78 is 5.27. The number of esters is 1. The Morgan fingerprint density at radius 3 is 2.19 bits per heavy atom. The largest absolute Gasteiger partial charge is 0.452 e. The molecule has 0 N–H and O–H groups in total. The number of hydrogen-bond donors (Lipinski definition) is 0. The van der Waals surface area contributed by atoms with E-state index in [9.17, 15) is 19.2 Å². The molecule has 1 fully saturated rings. The first-order valence-corrected chi connectivity index (χ1v) is 10.6. The molecule has 0 heterocycles. The lowest BCUT2D eigenvalue weighted by atomic mass is 9.82. The number of likely N-dealkylation sites (N-methyl/N-ethyl adjacent to an activating group) is 1. The second-order valence-corrected chi connectivity index (χ2v) is 8.43. The predicted octanol–water partition coefficient (Wildman–Crippen LogP) is 3.66. The number of benzene rings is 2. The van der Waals surface area contributed by atoms with Crippen molar-refractivity contribution in [3.8, 4) is 0 Å². The van der Waals surface area contributed by atoms with Crippen LogP contribution < -0.4 is 0 Å². The molecule has 0 unspecified atom stereocenters. The number of amides is 1. The first-order chi connectivity index (χ1) is 14.9. The summed E-state index contributed by atoms with van der Waals surface area (Å²) in [6, 6.07) is 11.2. The average Bonchev–Trinajstić information content (AvgIpc) is 2.80. The zero-order chi connectivity index (χ0) is 22.1. The second kappa shape index (κ2) is 8.46. The van der Waals surface area contributed by atoms with Crippen LogP contribution in [0.5, 0.6) is 0 Å². The van der Waals surface area contributed by atoms with Crippen molar-refractivity contribution in [2.75, 3.05) is 13.7 Å². The summed E-state index contributed by atoms with van der Waals surface area (Å²) in [5.41, 5.74) is 0.815. The lowest BCUT2D eigenvalue weighted by Crippen LogP contribution is -2.41. The summed E-state index contributed by atoms with van der Waals surface area (Å²) in [6.45, 7) is 1.81. The van der Waals surface area contributed by atoms with Crippen molar-refractivity contribution in [2.24, 2.45) is 5.92 Å². The van der Waals surface area contributed by atoms with Crippen LogP contribution in [0.15, 0.2) is 42.5 Å². The van der Waals surface area contributed by atoms with Crippen molar-refractivity contribution in [2.45, 2.75) is 38.6 Å². The van der Waals surface area contributed by atoms with E-state index in [-0.39, 0.29) is 40.0 Å². The maximum absolute atomic E-state index is 13.0. The van der Waals surface area contributed by atoms with Crippen LogP contribution in [0.1, 0.15) is 74.8 Å². The van der Waals surface area contributed by atoms with Gasteiger partial charge in [-0.3, -0.25) is 14.4 Å². The quantitative estimate of drug-likeness (QED) is 0.603. The van der Waals surface area contributed by atoms with Gasteiger partial charge in [0.05, 0.1) is 5.56 Å². The van der Waals surface area contributed by atoms with Gasteiger partial charge in [0.15, 0.2) is 18.2 Å². The number of ketones is 2. The van der Waals surface area contributed by atoms with Gasteiger partial charge < -0.3 is 9.64 Å². The van der Waals surface area contributed by atoms with Crippen molar-refractivity contribution in [1.29, 1.82) is 0 Å². The predicted molar refractivity (Wildman–Crippen MR) is 114 cm³/mol. The van der Waals surface area contributed by atoms with E-state index >= 15 is 0 Å². The molecule has 2 aromatic rings. The Morgan fingerprint density at radius 1 is 0.903 bits per heavy atom. The van der Waals surface area contributed by atoms with E-state index in [1.165, 1.54) is 12.1 Å². The molecule has 2 aliphatic rings. The molecule has 0 aromatic heterocycles. The Morgan fingerprint density at radius 2 is 1.52 bits per heavy atom. The summed E-state index contributed by atoms with van der Waals surface area (Å²) in [5, 5.41) is 0. The SMILES string of the molecule is CC1CCC(N(C)C(=O)COC(=O)c2cccc3c2C(=O)c2ccccc2C3=O)CC1. The minimum Gasteiger partial charge on any atom is -0.452 e. The van der Waals surface area contributed by atoms with Gasteiger partial charge in [-0.05, 0) is 37.7 Å². The van der Waals surface area contributed by atoms with E-state index in [2.05, 4.69) is 6.92 Å². The highest BCUT2D eigenvalue weighted by Crippen LogP contribution is 2.30. The highest BCUT2D eigenvalue weighted by molar-refractivity contribution is 6.30. The first-order valence-electron chi connectivity index (χ1n) is 10.6. The molecule has 160 valence electrons. The van der Waals surface area contributed by atoms with E-state index in [1.54, 1.807) is 42.3 Å². The molecule has 0 aliphatic heterocycles. The Balaban J connectivity index is 1.50. The fraction of sp³-hybridized carbons (Fsp3) is 0.360. The van der Waals surface area contributed by atoms with Crippen LogP contribution in [-0.2, 0) is 9.53 Å². The number of fused-ring (bicyclic) bond motifs is 2. The maximum Gasteiger partial charge on any atom is 0.339 e. The van der Waals surface area contributed by atoms with Gasteiger partial charge in [-0.1, -0.05) is 43.3 Å². The van der Waals surface area contributed by atoms with Gasteiger partial charge in [0.1, 0.15) is 0 Å². The van der Waals surface area contributed by atoms with Gasteiger partial charge >= 0.3 is 5.97 Å². The molecule has 0 radical (unpaired) electrons. The molecule has 0 atom stereocenters. The number of carbonyl (C=O) groups excluding carboxylic acids is 4. The van der Waals surface area contributed by atoms with Crippen molar-refractivity contribution < 1.29 is 23.9 Å². The van der Waals surface area contributed by atoms with Gasteiger partial charge in [0.25, 0.3) is 5.91 Å². The molecular formula is C25H25NO5. The van der Waals surface area contributed by atoms with Gasteiger partial charge in [0.2, 0.25) is 0 Å². The van der Waals surface area contributed by atoms with Gasteiger partial charge in [-0.25, -0.2) is 4.79 Å². The molecule has 1 saturated carbocycles.